The number of carbonyl (C=O) groups is 2. The highest BCUT2D eigenvalue weighted by Crippen LogP contribution is 2.40. The van der Waals surface area contributed by atoms with Crippen molar-refractivity contribution < 1.29 is 22.7 Å². The van der Waals surface area contributed by atoms with E-state index < -0.39 is 32.7 Å². The molecule has 0 atom stereocenters. The summed E-state index contributed by atoms with van der Waals surface area (Å²) in [5.74, 6) is -0.547. The fraction of sp³-hybridized carbons (Fsp3) is 0.535. The molecule has 0 heterocycles. The molecule has 3 rings (SSSR count). The number of rotatable bonds is 13. The summed E-state index contributed by atoms with van der Waals surface area (Å²) in [6.07, 6.45) is 7.27. The molecule has 0 aliphatic heterocycles. The van der Waals surface area contributed by atoms with Crippen molar-refractivity contribution in [2.45, 2.75) is 138 Å². The molecule has 0 saturated carbocycles. The topological polar surface area (TPSA) is 131 Å². The van der Waals surface area contributed by atoms with Crippen LogP contribution in [0.15, 0.2) is 74.8 Å². The lowest BCUT2D eigenvalue weighted by molar-refractivity contribution is -0.133. The Labute approximate surface area is 319 Å². The molecule has 0 unspecified atom stereocenters. The number of aliphatic imine (C=N–C) groups is 2. The quantitative estimate of drug-likeness (QED) is 0.160. The van der Waals surface area contributed by atoms with Crippen molar-refractivity contribution in [2.75, 3.05) is 6.61 Å². The fourth-order valence-electron chi connectivity index (χ4n) is 5.62. The van der Waals surface area contributed by atoms with Crippen molar-refractivity contribution in [1.82, 2.24) is 4.31 Å². The maximum atomic E-state index is 15.3. The highest BCUT2D eigenvalue weighted by atomic mass is 32.2. The van der Waals surface area contributed by atoms with Crippen molar-refractivity contribution in [3.8, 4) is 5.75 Å². The largest absolute Gasteiger partial charge is 0.494 e. The average Bonchev–Trinajstić information content (AvgIpc) is 3.05. The summed E-state index contributed by atoms with van der Waals surface area (Å²) in [6, 6.07) is 11.1. The van der Waals surface area contributed by atoms with E-state index in [1.165, 1.54) is 12.2 Å². The minimum absolute atomic E-state index is 0.0339. The molecule has 2 amide bonds. The lowest BCUT2D eigenvalue weighted by Crippen LogP contribution is -2.45. The molecule has 10 heteroatoms. The minimum Gasteiger partial charge on any atom is -0.494 e. The zero-order valence-corrected chi connectivity index (χ0v) is 35.1. The number of carbonyl (C=O) groups excluding carboxylic acids is 2. The van der Waals surface area contributed by atoms with Gasteiger partial charge in [0.1, 0.15) is 5.75 Å². The molecule has 2 aromatic carbocycles. The summed E-state index contributed by atoms with van der Waals surface area (Å²) >= 11 is 0. The van der Waals surface area contributed by atoms with Gasteiger partial charge < -0.3 is 10.5 Å². The molecule has 0 radical (unpaired) electrons. The van der Waals surface area contributed by atoms with E-state index in [1.54, 1.807) is 53.7 Å². The minimum atomic E-state index is -4.57. The van der Waals surface area contributed by atoms with Crippen LogP contribution in [0.5, 0.6) is 5.75 Å². The molecule has 1 aliphatic rings. The highest BCUT2D eigenvalue weighted by Gasteiger charge is 2.43. The number of unbranched alkanes of at least 4 members (excludes halogenated alkanes) is 3. The van der Waals surface area contributed by atoms with Gasteiger partial charge in [-0.15, -0.1) is 0 Å². The first kappa shape index (κ1) is 43.4. The van der Waals surface area contributed by atoms with Crippen LogP contribution in [0.4, 0.5) is 5.69 Å². The van der Waals surface area contributed by atoms with Crippen molar-refractivity contribution in [3.05, 3.63) is 76.6 Å². The fourth-order valence-corrected chi connectivity index (χ4v) is 7.90. The second-order valence-electron chi connectivity index (χ2n) is 16.9. The number of allylic oxidation sites excluding steroid dienone is 2. The number of benzene rings is 2. The molecule has 2 aromatic rings. The molecule has 0 bridgehead atoms. The van der Waals surface area contributed by atoms with Crippen LogP contribution in [0, 0.1) is 10.8 Å². The highest BCUT2D eigenvalue weighted by molar-refractivity contribution is 7.90. The Hall–Kier alpha value is -4.05. The van der Waals surface area contributed by atoms with Crippen molar-refractivity contribution in [2.24, 2.45) is 26.5 Å². The van der Waals surface area contributed by atoms with Gasteiger partial charge in [0.2, 0.25) is 5.91 Å². The molecule has 0 spiro atoms. The SMILES string of the molecule is CCCCCCOc1ccc(N=C2C=C(N(C(=O)C(C)(C)C)S(=O)(=O)c3c(C(C)C)cc(C(C)C)cc3C(C)C)C(N)=CC2=NC(=O)C(C)(C)C)cc1. The lowest BCUT2D eigenvalue weighted by atomic mass is 9.89. The molecule has 0 aromatic heterocycles. The van der Waals surface area contributed by atoms with Crippen molar-refractivity contribution >= 4 is 38.9 Å². The van der Waals surface area contributed by atoms with Crippen LogP contribution < -0.4 is 10.5 Å². The van der Waals surface area contributed by atoms with Crippen LogP contribution >= 0.6 is 0 Å². The Balaban J connectivity index is 2.34. The van der Waals surface area contributed by atoms with Crippen LogP contribution in [-0.4, -0.2) is 42.6 Å². The first-order valence-electron chi connectivity index (χ1n) is 18.9. The summed E-state index contributed by atoms with van der Waals surface area (Å²) in [5.41, 5.74) is 7.82. The number of hydrogen-bond donors (Lipinski definition) is 1. The molecule has 1 aliphatic carbocycles. The number of amides is 2. The van der Waals surface area contributed by atoms with Crippen LogP contribution in [-0.2, 0) is 19.6 Å². The summed E-state index contributed by atoms with van der Waals surface area (Å²) in [7, 11) is -4.57. The third-order valence-corrected chi connectivity index (χ3v) is 10.8. The van der Waals surface area contributed by atoms with E-state index in [1.807, 2.05) is 52.0 Å². The maximum Gasteiger partial charge on any atom is 0.271 e. The molecule has 0 saturated heterocycles. The standard InChI is InChI=1S/C43H62N4O5S/c1-14-15-16-17-22-52-32-20-18-31(19-21-32)45-37-26-38(35(44)25-36(37)46-40(48)42(8,9)10)47(41(49)43(11,12)13)53(50,51)39-33(28(4)5)23-30(27(2)3)24-34(39)29(6)7/h18-21,23-29H,14-17,22,44H2,1-13H3. The normalized spacial score (nSPS) is 15.7. The Morgan fingerprint density at radius 1 is 0.792 bits per heavy atom. The van der Waals surface area contributed by atoms with Gasteiger partial charge in [-0.1, -0.05) is 121 Å². The monoisotopic (exact) mass is 746 g/mol. The van der Waals surface area contributed by atoms with Crippen molar-refractivity contribution in [1.29, 1.82) is 0 Å². The van der Waals surface area contributed by atoms with Gasteiger partial charge in [-0.25, -0.2) is 22.7 Å². The van der Waals surface area contributed by atoms with Gasteiger partial charge in [-0.2, -0.15) is 0 Å². The lowest BCUT2D eigenvalue weighted by Gasteiger charge is -2.34. The van der Waals surface area contributed by atoms with E-state index in [0.29, 0.717) is 29.2 Å². The zero-order chi connectivity index (χ0) is 40.1. The van der Waals surface area contributed by atoms with E-state index in [2.05, 4.69) is 25.8 Å². The smallest absolute Gasteiger partial charge is 0.271 e. The summed E-state index contributed by atoms with van der Waals surface area (Å²) < 4.78 is 37.3. The average molecular weight is 747 g/mol. The zero-order valence-electron chi connectivity index (χ0n) is 34.3. The summed E-state index contributed by atoms with van der Waals surface area (Å²) in [6.45, 7) is 25.0. The Kier molecular flexibility index (Phi) is 14.2. The van der Waals surface area contributed by atoms with Gasteiger partial charge in [-0.05, 0) is 77.3 Å². The van der Waals surface area contributed by atoms with Gasteiger partial charge in [-0.3, -0.25) is 9.59 Å². The van der Waals surface area contributed by atoms with Crippen LogP contribution in [0.2, 0.25) is 0 Å². The van der Waals surface area contributed by atoms with E-state index in [4.69, 9.17) is 15.5 Å². The molecule has 2 N–H and O–H groups in total. The molecule has 290 valence electrons. The van der Waals surface area contributed by atoms with Gasteiger partial charge in [0.05, 0.1) is 40.0 Å². The Morgan fingerprint density at radius 3 is 1.83 bits per heavy atom. The Morgan fingerprint density at radius 2 is 1.36 bits per heavy atom. The predicted molar refractivity (Wildman–Crippen MR) is 218 cm³/mol. The molecular formula is C43H62N4O5S. The second kappa shape index (κ2) is 17.4. The number of hydrogen-bond acceptors (Lipinski definition) is 7. The molecule has 53 heavy (non-hydrogen) atoms. The number of ether oxygens (including phenoxy) is 1. The number of nitrogens with two attached hydrogens (primary N) is 1. The predicted octanol–water partition coefficient (Wildman–Crippen LogP) is 10.1. The van der Waals surface area contributed by atoms with E-state index in [0.717, 1.165) is 35.6 Å². The van der Waals surface area contributed by atoms with E-state index in [-0.39, 0.29) is 45.5 Å². The van der Waals surface area contributed by atoms with Crippen LogP contribution in [0.3, 0.4) is 0 Å². The molecular weight excluding hydrogens is 685 g/mol. The summed E-state index contributed by atoms with van der Waals surface area (Å²) in [5, 5.41) is 0. The van der Waals surface area contributed by atoms with Gasteiger partial charge >= 0.3 is 0 Å². The molecule has 9 nitrogen and oxygen atoms in total. The van der Waals surface area contributed by atoms with E-state index >= 15 is 8.42 Å². The van der Waals surface area contributed by atoms with Crippen LogP contribution in [0.25, 0.3) is 0 Å². The maximum absolute atomic E-state index is 15.3. The van der Waals surface area contributed by atoms with Gasteiger partial charge in [0.25, 0.3) is 15.9 Å². The van der Waals surface area contributed by atoms with Crippen LogP contribution in [0.1, 0.15) is 150 Å². The van der Waals surface area contributed by atoms with Gasteiger partial charge in [0, 0.05) is 10.8 Å². The third kappa shape index (κ3) is 10.8. The number of nitrogens with zero attached hydrogens (tertiary/aromatic N) is 3. The first-order valence-corrected chi connectivity index (χ1v) is 20.4. The van der Waals surface area contributed by atoms with Gasteiger partial charge in [0.15, 0.2) is 0 Å². The number of sulfonamides is 1. The van der Waals surface area contributed by atoms with Crippen molar-refractivity contribution in [3.63, 3.8) is 0 Å². The third-order valence-electron chi connectivity index (χ3n) is 8.96. The second-order valence-corrected chi connectivity index (χ2v) is 18.6. The molecule has 0 fully saturated rings. The summed E-state index contributed by atoms with van der Waals surface area (Å²) in [4.78, 5) is 37.0. The Bertz CT molecular complexity index is 1860. The first-order chi connectivity index (χ1) is 24.5. The van der Waals surface area contributed by atoms with E-state index in [9.17, 15) is 9.59 Å².